The Labute approximate surface area is 102 Å². The minimum Gasteiger partial charge on any atom is -0.358 e. The zero-order valence-corrected chi connectivity index (χ0v) is 9.41. The number of nitrogens with zero attached hydrogens (tertiary/aromatic N) is 3. The summed E-state index contributed by atoms with van der Waals surface area (Å²) in [6.45, 7) is 3.82. The van der Waals surface area contributed by atoms with Crippen molar-refractivity contribution in [3.8, 4) is 11.4 Å². The summed E-state index contributed by atoms with van der Waals surface area (Å²) in [6, 6.07) is 5.63. The summed E-state index contributed by atoms with van der Waals surface area (Å²) in [7, 11) is 0. The number of allylic oxidation sites excluding steroid dienone is 1. The normalized spacial score (nSPS) is 10.3. The van der Waals surface area contributed by atoms with E-state index in [9.17, 15) is 14.5 Å². The zero-order chi connectivity index (χ0) is 13.1. The zero-order valence-electron chi connectivity index (χ0n) is 9.41. The fourth-order valence-electron chi connectivity index (χ4n) is 1.65. The lowest BCUT2D eigenvalue weighted by molar-refractivity contribution is -0.391. The number of imidazole rings is 1. The quantitative estimate of drug-likeness (QED) is 0.474. The summed E-state index contributed by atoms with van der Waals surface area (Å²) in [5.41, 5.74) is 0.617. The van der Waals surface area contributed by atoms with Crippen LogP contribution in [0.1, 0.15) is 0 Å². The van der Waals surface area contributed by atoms with E-state index in [-0.39, 0.29) is 18.2 Å². The van der Waals surface area contributed by atoms with Crippen LogP contribution in [0.25, 0.3) is 11.4 Å². The number of hydrogen-bond acceptors (Lipinski definition) is 3. The predicted molar refractivity (Wildman–Crippen MR) is 64.5 cm³/mol. The van der Waals surface area contributed by atoms with Gasteiger partial charge in [-0.3, -0.25) is 0 Å². The van der Waals surface area contributed by atoms with Crippen LogP contribution in [-0.4, -0.2) is 14.5 Å². The molecule has 6 heteroatoms. The van der Waals surface area contributed by atoms with Gasteiger partial charge in [-0.1, -0.05) is 12.7 Å². The summed E-state index contributed by atoms with van der Waals surface area (Å²) >= 11 is 0. The molecule has 1 heterocycles. The molecule has 0 N–H and O–H groups in total. The third kappa shape index (κ3) is 2.13. The van der Waals surface area contributed by atoms with Gasteiger partial charge in [0, 0.05) is 5.56 Å². The van der Waals surface area contributed by atoms with Crippen LogP contribution in [0, 0.1) is 15.9 Å². The lowest BCUT2D eigenvalue weighted by Crippen LogP contribution is -2.03. The first-order valence-corrected chi connectivity index (χ1v) is 5.20. The first kappa shape index (κ1) is 12.0. The Morgan fingerprint density at radius 3 is 2.67 bits per heavy atom. The molecule has 18 heavy (non-hydrogen) atoms. The molecule has 0 saturated heterocycles. The molecule has 0 aliphatic rings. The highest BCUT2D eigenvalue weighted by molar-refractivity contribution is 5.57. The maximum absolute atomic E-state index is 12.8. The third-order valence-electron chi connectivity index (χ3n) is 2.44. The van der Waals surface area contributed by atoms with Crippen LogP contribution in [0.3, 0.4) is 0 Å². The molecule has 0 aliphatic heterocycles. The largest absolute Gasteiger partial charge is 0.358 e. The van der Waals surface area contributed by atoms with Crippen LogP contribution in [-0.2, 0) is 6.54 Å². The first-order chi connectivity index (χ1) is 8.63. The molecule has 2 aromatic rings. The summed E-state index contributed by atoms with van der Waals surface area (Å²) in [5.74, 6) is -0.0640. The lowest BCUT2D eigenvalue weighted by Gasteiger charge is -2.02. The molecule has 0 amide bonds. The molecular weight excluding hydrogens is 237 g/mol. The summed E-state index contributed by atoms with van der Waals surface area (Å²) in [5, 5.41) is 10.8. The van der Waals surface area contributed by atoms with Crippen molar-refractivity contribution in [2.75, 3.05) is 0 Å². The van der Waals surface area contributed by atoms with E-state index in [1.807, 2.05) is 0 Å². The molecule has 0 atom stereocenters. The topological polar surface area (TPSA) is 61.0 Å². The van der Waals surface area contributed by atoms with Crippen molar-refractivity contribution in [3.05, 3.63) is 59.0 Å². The van der Waals surface area contributed by atoms with E-state index in [2.05, 4.69) is 11.6 Å². The Kier molecular flexibility index (Phi) is 3.18. The fraction of sp³-hybridized carbons (Fsp3) is 0.0833. The van der Waals surface area contributed by atoms with Crippen LogP contribution in [0.5, 0.6) is 0 Å². The highest BCUT2D eigenvalue weighted by atomic mass is 19.1. The summed E-state index contributed by atoms with van der Waals surface area (Å²) < 4.78 is 14.2. The van der Waals surface area contributed by atoms with E-state index in [0.717, 1.165) is 0 Å². The van der Waals surface area contributed by atoms with E-state index in [4.69, 9.17) is 0 Å². The Balaban J connectivity index is 2.53. The second-order valence-corrected chi connectivity index (χ2v) is 3.60. The molecule has 0 saturated carbocycles. The van der Waals surface area contributed by atoms with Gasteiger partial charge >= 0.3 is 5.82 Å². The van der Waals surface area contributed by atoms with Gasteiger partial charge in [-0.15, -0.1) is 0 Å². The number of halogens is 1. The van der Waals surface area contributed by atoms with E-state index >= 15 is 0 Å². The fourth-order valence-corrected chi connectivity index (χ4v) is 1.65. The van der Waals surface area contributed by atoms with Crippen molar-refractivity contribution >= 4 is 5.82 Å². The highest BCUT2D eigenvalue weighted by Gasteiger charge is 2.20. The van der Waals surface area contributed by atoms with Crippen molar-refractivity contribution in [2.24, 2.45) is 0 Å². The Bertz CT molecular complexity index is 590. The van der Waals surface area contributed by atoms with Gasteiger partial charge < -0.3 is 10.1 Å². The number of aromatic nitrogens is 2. The maximum atomic E-state index is 12.8. The molecule has 2 rings (SSSR count). The van der Waals surface area contributed by atoms with Crippen LogP contribution in [0.4, 0.5) is 10.2 Å². The van der Waals surface area contributed by atoms with Gasteiger partial charge in [0.1, 0.15) is 18.6 Å². The number of hydrogen-bond donors (Lipinski definition) is 0. The second kappa shape index (κ2) is 4.79. The standard InChI is InChI=1S/C12H10FN3O2/c1-2-7-15-11(16(17)18)8-14-12(15)9-3-5-10(13)6-4-9/h2-6,8H,1,7H2. The summed E-state index contributed by atoms with van der Waals surface area (Å²) in [4.78, 5) is 14.3. The predicted octanol–water partition coefficient (Wildman–Crippen LogP) is 2.78. The Morgan fingerprint density at radius 1 is 1.44 bits per heavy atom. The smallest absolute Gasteiger partial charge is 0.343 e. The van der Waals surface area contributed by atoms with Crippen molar-refractivity contribution in [2.45, 2.75) is 6.54 Å². The molecule has 0 radical (unpaired) electrons. The van der Waals surface area contributed by atoms with Gasteiger partial charge in [0.05, 0.1) is 0 Å². The molecular formula is C12H10FN3O2. The number of rotatable bonds is 4. The lowest BCUT2D eigenvalue weighted by atomic mass is 10.2. The molecule has 1 aromatic carbocycles. The first-order valence-electron chi connectivity index (χ1n) is 5.20. The van der Waals surface area contributed by atoms with E-state index in [0.29, 0.717) is 11.4 Å². The van der Waals surface area contributed by atoms with Crippen LogP contribution >= 0.6 is 0 Å². The van der Waals surface area contributed by atoms with Crippen LogP contribution in [0.2, 0.25) is 0 Å². The minimum atomic E-state index is -0.510. The van der Waals surface area contributed by atoms with Crippen molar-refractivity contribution in [1.82, 2.24) is 9.55 Å². The molecule has 0 aliphatic carbocycles. The van der Waals surface area contributed by atoms with Crippen molar-refractivity contribution in [1.29, 1.82) is 0 Å². The van der Waals surface area contributed by atoms with Crippen LogP contribution < -0.4 is 0 Å². The molecule has 92 valence electrons. The molecule has 0 bridgehead atoms. The average molecular weight is 247 g/mol. The van der Waals surface area contributed by atoms with Crippen LogP contribution in [0.15, 0.2) is 43.1 Å². The molecule has 0 fully saturated rings. The summed E-state index contributed by atoms with van der Waals surface area (Å²) in [6.07, 6.45) is 2.73. The third-order valence-corrected chi connectivity index (χ3v) is 2.44. The van der Waals surface area contributed by atoms with E-state index < -0.39 is 4.92 Å². The van der Waals surface area contributed by atoms with Crippen molar-refractivity contribution < 1.29 is 9.31 Å². The van der Waals surface area contributed by atoms with Gasteiger partial charge in [-0.05, 0) is 29.2 Å². The van der Waals surface area contributed by atoms with Gasteiger partial charge in [-0.2, -0.15) is 0 Å². The highest BCUT2D eigenvalue weighted by Crippen LogP contribution is 2.24. The molecule has 0 unspecified atom stereocenters. The molecule has 1 aromatic heterocycles. The molecule has 5 nitrogen and oxygen atoms in total. The minimum absolute atomic E-state index is 0.116. The Morgan fingerprint density at radius 2 is 2.11 bits per heavy atom. The van der Waals surface area contributed by atoms with Crippen molar-refractivity contribution in [3.63, 3.8) is 0 Å². The number of benzene rings is 1. The second-order valence-electron chi connectivity index (χ2n) is 3.60. The monoisotopic (exact) mass is 247 g/mol. The van der Waals surface area contributed by atoms with Gasteiger partial charge in [0.2, 0.25) is 5.82 Å². The van der Waals surface area contributed by atoms with E-state index in [1.165, 1.54) is 35.0 Å². The SMILES string of the molecule is C=CCn1c([N+](=O)[O-])cnc1-c1ccc(F)cc1. The Hall–Kier alpha value is -2.50. The van der Waals surface area contributed by atoms with Gasteiger partial charge in [0.25, 0.3) is 0 Å². The average Bonchev–Trinajstić information content (AvgIpc) is 2.74. The van der Waals surface area contributed by atoms with E-state index in [1.54, 1.807) is 6.08 Å². The number of nitro groups is 1. The maximum Gasteiger partial charge on any atom is 0.343 e. The van der Waals surface area contributed by atoms with Gasteiger partial charge in [0.15, 0.2) is 0 Å². The van der Waals surface area contributed by atoms with Gasteiger partial charge in [-0.25, -0.2) is 13.9 Å². The molecule has 0 spiro atoms.